The van der Waals surface area contributed by atoms with Crippen LogP contribution in [0, 0.1) is 0 Å². The fraction of sp³-hybridized carbons (Fsp3) is 0.538. The van der Waals surface area contributed by atoms with Crippen molar-refractivity contribution in [2.45, 2.75) is 31.8 Å². The number of benzene rings is 1. The van der Waals surface area contributed by atoms with Crippen molar-refractivity contribution >= 4 is 25.8 Å². The molecule has 1 aliphatic rings. The number of hydrogen-bond donors (Lipinski definition) is 1. The lowest BCUT2D eigenvalue weighted by molar-refractivity contribution is 0.450. The molecule has 3 nitrogen and oxygen atoms in total. The van der Waals surface area contributed by atoms with E-state index in [2.05, 4.69) is 40.3 Å². The molecule has 2 atom stereocenters. The summed E-state index contributed by atoms with van der Waals surface area (Å²) in [5.41, 5.74) is 1.21. The molecule has 1 aromatic rings. The molecular formula is C13H18BrNO2S. The van der Waals surface area contributed by atoms with Gasteiger partial charge in [-0.15, -0.1) is 0 Å². The smallest absolute Gasteiger partial charge is 0.151 e. The van der Waals surface area contributed by atoms with Crippen molar-refractivity contribution in [2.75, 3.05) is 11.5 Å². The molecule has 1 saturated heterocycles. The monoisotopic (exact) mass is 331 g/mol. The molecule has 1 fully saturated rings. The maximum Gasteiger partial charge on any atom is 0.151 e. The zero-order valence-electron chi connectivity index (χ0n) is 10.4. The van der Waals surface area contributed by atoms with Crippen LogP contribution in [-0.2, 0) is 9.84 Å². The Bertz CT molecular complexity index is 498. The SMILES string of the molecule is CCC(NC1CCS(=O)(=O)C1)c1ccc(Br)cc1. The topological polar surface area (TPSA) is 46.2 Å². The Morgan fingerprint density at radius 2 is 2.06 bits per heavy atom. The molecule has 1 N–H and O–H groups in total. The third-order valence-corrected chi connectivity index (χ3v) is 5.65. The Morgan fingerprint density at radius 3 is 2.56 bits per heavy atom. The lowest BCUT2D eigenvalue weighted by atomic mass is 10.0. The summed E-state index contributed by atoms with van der Waals surface area (Å²) < 4.78 is 24.0. The summed E-state index contributed by atoms with van der Waals surface area (Å²) >= 11 is 3.42. The molecule has 100 valence electrons. The minimum absolute atomic E-state index is 0.101. The van der Waals surface area contributed by atoms with Crippen LogP contribution in [0.4, 0.5) is 0 Å². The highest BCUT2D eigenvalue weighted by molar-refractivity contribution is 9.10. The quantitative estimate of drug-likeness (QED) is 0.922. The first kappa shape index (κ1) is 14.0. The van der Waals surface area contributed by atoms with Gasteiger partial charge in [0.25, 0.3) is 0 Å². The normalized spacial score (nSPS) is 24.0. The Kier molecular flexibility index (Phi) is 4.45. The van der Waals surface area contributed by atoms with Gasteiger partial charge in [-0.05, 0) is 30.5 Å². The van der Waals surface area contributed by atoms with Crippen LogP contribution in [0.5, 0.6) is 0 Å². The lowest BCUT2D eigenvalue weighted by Gasteiger charge is -2.21. The first-order valence-electron chi connectivity index (χ1n) is 6.22. The summed E-state index contributed by atoms with van der Waals surface area (Å²) in [6.45, 7) is 2.11. The van der Waals surface area contributed by atoms with Crippen molar-refractivity contribution in [3.8, 4) is 0 Å². The Balaban J connectivity index is 2.04. The summed E-state index contributed by atoms with van der Waals surface area (Å²) in [4.78, 5) is 0. The molecule has 5 heteroatoms. The van der Waals surface area contributed by atoms with Crippen LogP contribution in [0.3, 0.4) is 0 Å². The van der Waals surface area contributed by atoms with Crippen molar-refractivity contribution in [3.63, 3.8) is 0 Å². The van der Waals surface area contributed by atoms with Crippen LogP contribution in [0.15, 0.2) is 28.7 Å². The predicted molar refractivity (Wildman–Crippen MR) is 77.4 cm³/mol. The third-order valence-electron chi connectivity index (χ3n) is 3.35. The number of nitrogens with one attached hydrogen (secondary N) is 1. The number of halogens is 1. The molecule has 0 saturated carbocycles. The highest BCUT2D eigenvalue weighted by Gasteiger charge is 2.29. The molecular weight excluding hydrogens is 314 g/mol. The molecule has 0 bridgehead atoms. The summed E-state index contributed by atoms with van der Waals surface area (Å²) in [6, 6.07) is 8.53. The average molecular weight is 332 g/mol. The van der Waals surface area contributed by atoms with Gasteiger partial charge in [-0.1, -0.05) is 35.0 Å². The molecule has 18 heavy (non-hydrogen) atoms. The standard InChI is InChI=1S/C13H18BrNO2S/c1-2-13(10-3-5-11(14)6-4-10)15-12-7-8-18(16,17)9-12/h3-6,12-13,15H,2,7-9H2,1H3. The van der Waals surface area contributed by atoms with Gasteiger partial charge in [0.15, 0.2) is 9.84 Å². The predicted octanol–water partition coefficient (Wildman–Crippen LogP) is 2.68. The lowest BCUT2D eigenvalue weighted by Crippen LogP contribution is -2.33. The molecule has 2 rings (SSSR count). The fourth-order valence-electron chi connectivity index (χ4n) is 2.36. The molecule has 1 aromatic carbocycles. The number of hydrogen-bond acceptors (Lipinski definition) is 3. The van der Waals surface area contributed by atoms with E-state index in [1.807, 2.05) is 12.1 Å². The average Bonchev–Trinajstić information content (AvgIpc) is 2.67. The van der Waals surface area contributed by atoms with E-state index in [0.717, 1.165) is 17.3 Å². The second kappa shape index (κ2) is 5.72. The molecule has 0 aliphatic carbocycles. The highest BCUT2D eigenvalue weighted by Crippen LogP contribution is 2.22. The van der Waals surface area contributed by atoms with Gasteiger partial charge in [-0.3, -0.25) is 0 Å². The third kappa shape index (κ3) is 3.56. The van der Waals surface area contributed by atoms with Crippen molar-refractivity contribution in [1.29, 1.82) is 0 Å². The molecule has 2 unspecified atom stereocenters. The van der Waals surface area contributed by atoms with E-state index in [9.17, 15) is 8.42 Å². The minimum Gasteiger partial charge on any atom is -0.306 e. The van der Waals surface area contributed by atoms with Crippen LogP contribution in [-0.4, -0.2) is 26.0 Å². The molecule has 0 amide bonds. The minimum atomic E-state index is -2.81. The van der Waals surface area contributed by atoms with Gasteiger partial charge in [-0.2, -0.15) is 0 Å². The summed E-state index contributed by atoms with van der Waals surface area (Å²) in [6.07, 6.45) is 1.69. The van der Waals surface area contributed by atoms with Crippen LogP contribution in [0.2, 0.25) is 0 Å². The van der Waals surface area contributed by atoms with Crippen molar-refractivity contribution < 1.29 is 8.42 Å². The highest BCUT2D eigenvalue weighted by atomic mass is 79.9. The van der Waals surface area contributed by atoms with Crippen LogP contribution in [0.1, 0.15) is 31.4 Å². The molecule has 0 radical (unpaired) electrons. The zero-order valence-corrected chi connectivity index (χ0v) is 12.8. The van der Waals surface area contributed by atoms with Crippen molar-refractivity contribution in [3.05, 3.63) is 34.3 Å². The van der Waals surface area contributed by atoms with Gasteiger partial charge in [0.05, 0.1) is 11.5 Å². The van der Waals surface area contributed by atoms with Gasteiger partial charge >= 0.3 is 0 Å². The van der Waals surface area contributed by atoms with Gasteiger partial charge in [0.2, 0.25) is 0 Å². The Morgan fingerprint density at radius 1 is 1.39 bits per heavy atom. The van der Waals surface area contributed by atoms with Crippen molar-refractivity contribution in [2.24, 2.45) is 0 Å². The first-order valence-corrected chi connectivity index (χ1v) is 8.83. The summed E-state index contributed by atoms with van der Waals surface area (Å²) in [5.74, 6) is 0.599. The van der Waals surface area contributed by atoms with E-state index in [0.29, 0.717) is 5.75 Å². The maximum absolute atomic E-state index is 11.4. The Labute approximate surface area is 117 Å². The van der Waals surface area contributed by atoms with Gasteiger partial charge in [0, 0.05) is 16.6 Å². The van der Waals surface area contributed by atoms with E-state index in [1.54, 1.807) is 0 Å². The maximum atomic E-state index is 11.4. The van der Waals surface area contributed by atoms with Crippen LogP contribution < -0.4 is 5.32 Å². The number of rotatable bonds is 4. The van der Waals surface area contributed by atoms with Gasteiger partial charge in [-0.25, -0.2) is 8.42 Å². The van der Waals surface area contributed by atoms with Gasteiger partial charge < -0.3 is 5.32 Å². The first-order chi connectivity index (χ1) is 8.50. The van der Waals surface area contributed by atoms with E-state index in [4.69, 9.17) is 0 Å². The molecule has 1 heterocycles. The van der Waals surface area contributed by atoms with Crippen LogP contribution >= 0.6 is 15.9 Å². The van der Waals surface area contributed by atoms with E-state index in [1.165, 1.54) is 5.56 Å². The van der Waals surface area contributed by atoms with Crippen LogP contribution in [0.25, 0.3) is 0 Å². The molecule has 0 aromatic heterocycles. The molecule has 0 spiro atoms. The number of sulfone groups is 1. The zero-order chi connectivity index (χ0) is 13.2. The fourth-order valence-corrected chi connectivity index (χ4v) is 4.31. The van der Waals surface area contributed by atoms with E-state index in [-0.39, 0.29) is 17.8 Å². The summed E-state index contributed by atoms with van der Waals surface area (Å²) in [5, 5.41) is 3.46. The largest absolute Gasteiger partial charge is 0.306 e. The molecule has 1 aliphatic heterocycles. The second-order valence-corrected chi connectivity index (χ2v) is 7.92. The Hall–Kier alpha value is -0.390. The van der Waals surface area contributed by atoms with Crippen molar-refractivity contribution in [1.82, 2.24) is 5.32 Å². The second-order valence-electron chi connectivity index (χ2n) is 4.78. The van der Waals surface area contributed by atoms with E-state index >= 15 is 0 Å². The van der Waals surface area contributed by atoms with Gasteiger partial charge in [0.1, 0.15) is 0 Å². The summed E-state index contributed by atoms with van der Waals surface area (Å²) in [7, 11) is -2.81. The van der Waals surface area contributed by atoms with E-state index < -0.39 is 9.84 Å².